The summed E-state index contributed by atoms with van der Waals surface area (Å²) < 4.78 is 0. The Morgan fingerprint density at radius 3 is 2.18 bits per heavy atom. The molecule has 192 valence electrons. The van der Waals surface area contributed by atoms with Crippen molar-refractivity contribution >= 4 is 46.5 Å². The molecule has 0 aromatic heterocycles. The predicted molar refractivity (Wildman–Crippen MR) is 153 cm³/mol. The molecule has 1 aliphatic heterocycles. The second-order valence-corrected chi connectivity index (χ2v) is 10.1. The molecule has 1 unspecified atom stereocenters. The van der Waals surface area contributed by atoms with Gasteiger partial charge in [-0.2, -0.15) is 0 Å². The highest BCUT2D eigenvalue weighted by Gasteiger charge is 2.28. The third-order valence-electron chi connectivity index (χ3n) is 6.52. The van der Waals surface area contributed by atoms with Crippen LogP contribution in [0.1, 0.15) is 16.7 Å². The van der Waals surface area contributed by atoms with Crippen molar-refractivity contribution in [2.24, 2.45) is 5.73 Å². The van der Waals surface area contributed by atoms with Crippen LogP contribution in [0.4, 0.5) is 16.2 Å². The molecule has 1 heterocycles. The number of nitrogens with two attached hydrogens (primary N) is 1. The number of carbonyl (C=O) groups is 2. The summed E-state index contributed by atoms with van der Waals surface area (Å²) in [6, 6.07) is 27.5. The van der Waals surface area contributed by atoms with Gasteiger partial charge in [-0.1, -0.05) is 77.8 Å². The molecule has 3 amide bonds. The molecule has 0 saturated heterocycles. The average molecular weight is 545 g/mol. The molecule has 5 rings (SSSR count). The van der Waals surface area contributed by atoms with E-state index >= 15 is 0 Å². The molecule has 38 heavy (non-hydrogen) atoms. The zero-order chi connectivity index (χ0) is 26.6. The maximum atomic E-state index is 13.0. The Morgan fingerprint density at radius 1 is 0.789 bits per heavy atom. The Kier molecular flexibility index (Phi) is 7.65. The van der Waals surface area contributed by atoms with Gasteiger partial charge in [-0.25, -0.2) is 4.79 Å². The molecule has 0 fully saturated rings. The highest BCUT2D eigenvalue weighted by Crippen LogP contribution is 2.28. The number of rotatable bonds is 6. The van der Waals surface area contributed by atoms with Gasteiger partial charge in [0.05, 0.1) is 6.04 Å². The molecular weight excluding hydrogens is 519 g/mol. The van der Waals surface area contributed by atoms with E-state index in [0.717, 1.165) is 27.8 Å². The first-order valence-electron chi connectivity index (χ1n) is 12.2. The van der Waals surface area contributed by atoms with Crippen molar-refractivity contribution < 1.29 is 9.59 Å². The van der Waals surface area contributed by atoms with E-state index in [9.17, 15) is 9.59 Å². The van der Waals surface area contributed by atoms with Gasteiger partial charge in [-0.3, -0.25) is 4.79 Å². The van der Waals surface area contributed by atoms with E-state index in [4.69, 9.17) is 28.9 Å². The zero-order valence-corrected chi connectivity index (χ0v) is 22.0. The zero-order valence-electron chi connectivity index (χ0n) is 20.5. The highest BCUT2D eigenvalue weighted by molar-refractivity contribution is 6.35. The van der Waals surface area contributed by atoms with E-state index in [1.54, 1.807) is 23.1 Å². The number of hydrogen-bond donors (Lipinski definition) is 3. The Balaban J connectivity index is 1.17. The van der Waals surface area contributed by atoms with E-state index in [1.165, 1.54) is 0 Å². The van der Waals surface area contributed by atoms with Crippen LogP contribution in [0.15, 0.2) is 91.0 Å². The van der Waals surface area contributed by atoms with E-state index in [-0.39, 0.29) is 11.9 Å². The van der Waals surface area contributed by atoms with Crippen LogP contribution in [0.2, 0.25) is 10.0 Å². The fraction of sp³-hybridized carbons (Fsp3) is 0.133. The number of nitrogens with zero attached hydrogens (tertiary/aromatic N) is 1. The van der Waals surface area contributed by atoms with Gasteiger partial charge in [0.1, 0.15) is 0 Å². The van der Waals surface area contributed by atoms with Gasteiger partial charge in [0.2, 0.25) is 5.91 Å². The Morgan fingerprint density at radius 2 is 1.45 bits per heavy atom. The third kappa shape index (κ3) is 6.00. The summed E-state index contributed by atoms with van der Waals surface area (Å²) in [6.07, 6.45) is 0.320. The van der Waals surface area contributed by atoms with Crippen molar-refractivity contribution in [2.75, 3.05) is 10.6 Å². The second kappa shape index (κ2) is 11.3. The first kappa shape index (κ1) is 25.8. The highest BCUT2D eigenvalue weighted by atomic mass is 35.5. The van der Waals surface area contributed by atoms with Gasteiger partial charge in [-0.05, 0) is 70.6 Å². The number of hydrogen-bond acceptors (Lipinski definition) is 3. The van der Waals surface area contributed by atoms with Gasteiger partial charge in [-0.15, -0.1) is 0 Å². The first-order valence-corrected chi connectivity index (χ1v) is 12.9. The Hall–Kier alpha value is -3.84. The minimum atomic E-state index is -0.723. The molecule has 6 nitrogen and oxygen atoms in total. The minimum absolute atomic E-state index is 0.154. The summed E-state index contributed by atoms with van der Waals surface area (Å²) in [5.74, 6) is -0.154. The summed E-state index contributed by atoms with van der Waals surface area (Å²) in [4.78, 5) is 27.3. The number of nitrogens with one attached hydrogen (secondary N) is 2. The normalized spacial score (nSPS) is 13.1. The minimum Gasteiger partial charge on any atom is -0.333 e. The maximum Gasteiger partial charge on any atom is 0.323 e. The topological polar surface area (TPSA) is 87.5 Å². The van der Waals surface area contributed by atoms with Crippen LogP contribution >= 0.6 is 23.2 Å². The van der Waals surface area contributed by atoms with Crippen molar-refractivity contribution in [3.05, 3.63) is 118 Å². The molecule has 1 atom stereocenters. The lowest BCUT2D eigenvalue weighted by atomic mass is 10.1. The van der Waals surface area contributed by atoms with Crippen LogP contribution in [0.5, 0.6) is 0 Å². The summed E-state index contributed by atoms with van der Waals surface area (Å²) in [7, 11) is 0. The molecule has 4 aromatic carbocycles. The lowest BCUT2D eigenvalue weighted by molar-refractivity contribution is -0.133. The predicted octanol–water partition coefficient (Wildman–Crippen LogP) is 6.72. The number of carbonyl (C=O) groups excluding carboxylic acids is 2. The molecule has 0 saturated carbocycles. The van der Waals surface area contributed by atoms with Crippen molar-refractivity contribution in [2.45, 2.75) is 25.6 Å². The van der Waals surface area contributed by atoms with E-state index in [2.05, 4.69) is 10.6 Å². The molecule has 1 aliphatic rings. The lowest BCUT2D eigenvalue weighted by Gasteiger charge is -2.20. The van der Waals surface area contributed by atoms with Gasteiger partial charge in [0, 0.05) is 34.5 Å². The number of fused-ring (bicyclic) bond motifs is 1. The maximum absolute atomic E-state index is 13.0. The Labute approximate surface area is 231 Å². The number of halogens is 2. The monoisotopic (exact) mass is 544 g/mol. The fourth-order valence-electron chi connectivity index (χ4n) is 4.54. The molecule has 0 aliphatic carbocycles. The molecule has 0 radical (unpaired) electrons. The van der Waals surface area contributed by atoms with Crippen molar-refractivity contribution in [1.29, 1.82) is 0 Å². The van der Waals surface area contributed by atoms with Crippen LogP contribution in [0.3, 0.4) is 0 Å². The molecule has 4 N–H and O–H groups in total. The summed E-state index contributed by atoms with van der Waals surface area (Å²) in [6.45, 7) is 0.894. The second-order valence-electron chi connectivity index (χ2n) is 9.25. The van der Waals surface area contributed by atoms with Crippen molar-refractivity contribution in [3.8, 4) is 11.1 Å². The van der Waals surface area contributed by atoms with Crippen LogP contribution < -0.4 is 16.4 Å². The standard InChI is InChI=1S/C30H26Cl2N4O2/c31-24-10-6-21(27(32)16-24)15-28(33)29(37)36-17-22-9-13-26(14-23(22)18-36)35-30(38)34-25-11-7-20(8-12-25)19-4-2-1-3-5-19/h1-14,16,28H,15,17-18,33H2,(H2,34,35,38). The number of benzene rings is 4. The molecule has 8 heteroatoms. The molecule has 0 spiro atoms. The number of anilines is 2. The van der Waals surface area contributed by atoms with Crippen LogP contribution in [-0.4, -0.2) is 22.9 Å². The van der Waals surface area contributed by atoms with Crippen molar-refractivity contribution in [1.82, 2.24) is 4.90 Å². The van der Waals surface area contributed by atoms with Gasteiger partial charge < -0.3 is 21.3 Å². The largest absolute Gasteiger partial charge is 0.333 e. The average Bonchev–Trinajstić information content (AvgIpc) is 3.34. The molecule has 0 bridgehead atoms. The lowest BCUT2D eigenvalue weighted by Crippen LogP contribution is -2.42. The summed E-state index contributed by atoms with van der Waals surface area (Å²) in [5.41, 5.74) is 12.5. The van der Waals surface area contributed by atoms with Crippen LogP contribution in [-0.2, 0) is 24.3 Å². The van der Waals surface area contributed by atoms with E-state index < -0.39 is 6.04 Å². The van der Waals surface area contributed by atoms with Crippen LogP contribution in [0.25, 0.3) is 11.1 Å². The third-order valence-corrected chi connectivity index (χ3v) is 7.11. The van der Waals surface area contributed by atoms with E-state index in [1.807, 2.05) is 72.8 Å². The molecular formula is C30H26Cl2N4O2. The molecule has 4 aromatic rings. The Bertz CT molecular complexity index is 1480. The number of urea groups is 1. The quantitative estimate of drug-likeness (QED) is 0.252. The first-order chi connectivity index (χ1) is 18.4. The fourth-order valence-corrected chi connectivity index (χ4v) is 5.03. The SMILES string of the molecule is NC(Cc1ccc(Cl)cc1Cl)C(=O)N1Cc2ccc(NC(=O)Nc3ccc(-c4ccccc4)cc3)cc2C1. The van der Waals surface area contributed by atoms with Gasteiger partial charge in [0.15, 0.2) is 0 Å². The van der Waals surface area contributed by atoms with Gasteiger partial charge in [0.25, 0.3) is 0 Å². The number of amides is 3. The smallest absolute Gasteiger partial charge is 0.323 e. The van der Waals surface area contributed by atoms with Crippen LogP contribution in [0, 0.1) is 0 Å². The summed E-state index contributed by atoms with van der Waals surface area (Å²) in [5, 5.41) is 6.76. The van der Waals surface area contributed by atoms with Crippen molar-refractivity contribution in [3.63, 3.8) is 0 Å². The van der Waals surface area contributed by atoms with E-state index in [0.29, 0.717) is 40.9 Å². The van der Waals surface area contributed by atoms with Gasteiger partial charge >= 0.3 is 6.03 Å². The summed E-state index contributed by atoms with van der Waals surface area (Å²) >= 11 is 12.2.